The first-order valence-electron chi connectivity index (χ1n) is 8.70. The zero-order valence-corrected chi connectivity index (χ0v) is 17.1. The number of hydrogen-bond acceptors (Lipinski definition) is 4. The predicted molar refractivity (Wildman–Crippen MR) is 114 cm³/mol. The van der Waals surface area contributed by atoms with E-state index < -0.39 is 10.0 Å². The molecule has 3 aromatic carbocycles. The minimum atomic E-state index is -3.75. The van der Waals surface area contributed by atoms with E-state index in [0.717, 1.165) is 5.56 Å². The fourth-order valence-corrected chi connectivity index (χ4v) is 3.61. The Morgan fingerprint density at radius 3 is 2.10 bits per heavy atom. The summed E-state index contributed by atoms with van der Waals surface area (Å²) in [6, 6.07) is 19.6. The molecule has 0 aliphatic heterocycles. The Bertz CT molecular complexity index is 1080. The Hall–Kier alpha value is -3.03. The van der Waals surface area contributed by atoms with Crippen LogP contribution < -0.4 is 14.8 Å². The van der Waals surface area contributed by atoms with Gasteiger partial charge < -0.3 is 10.1 Å². The van der Waals surface area contributed by atoms with Gasteiger partial charge in [-0.1, -0.05) is 29.3 Å². The van der Waals surface area contributed by atoms with Gasteiger partial charge in [-0.2, -0.15) is 0 Å². The maximum Gasteiger partial charge on any atom is 0.262 e. The molecule has 1 amide bonds. The Kier molecular flexibility index (Phi) is 6.41. The highest BCUT2D eigenvalue weighted by atomic mass is 35.5. The fraction of sp³-hybridized carbons (Fsp3) is 0.0952. The molecule has 0 spiro atoms. The summed E-state index contributed by atoms with van der Waals surface area (Å²) in [5.74, 6) is 0.0736. The van der Waals surface area contributed by atoms with Crippen LogP contribution in [0.15, 0.2) is 77.7 Å². The van der Waals surface area contributed by atoms with Gasteiger partial charge in [0.25, 0.3) is 15.9 Å². The smallest absolute Gasteiger partial charge is 0.262 e. The van der Waals surface area contributed by atoms with Gasteiger partial charge in [-0.25, -0.2) is 8.42 Å². The molecular formula is C21H19ClN2O4S. The summed E-state index contributed by atoms with van der Waals surface area (Å²) in [5.41, 5.74) is 2.18. The van der Waals surface area contributed by atoms with E-state index in [1.165, 1.54) is 24.3 Å². The molecule has 0 radical (unpaired) electrons. The molecule has 0 unspecified atom stereocenters. The number of ether oxygens (including phenoxy) is 1. The van der Waals surface area contributed by atoms with Crippen molar-refractivity contribution in [1.82, 2.24) is 0 Å². The molecule has 0 aliphatic carbocycles. The SMILES string of the molecule is Cc1ccc(NC(=O)COc2ccc(S(=O)(=O)Nc3ccc(Cl)cc3)cc2)cc1. The number of carbonyl (C=O) groups excluding carboxylic acids is 1. The van der Waals surface area contributed by atoms with Crippen LogP contribution in [-0.2, 0) is 14.8 Å². The van der Waals surface area contributed by atoms with Crippen LogP contribution in [0.25, 0.3) is 0 Å². The molecule has 0 saturated carbocycles. The molecule has 29 heavy (non-hydrogen) atoms. The second-order valence-corrected chi connectivity index (χ2v) is 8.41. The van der Waals surface area contributed by atoms with Crippen LogP contribution in [0, 0.1) is 6.92 Å². The Labute approximate surface area is 174 Å². The number of benzene rings is 3. The number of anilines is 2. The molecule has 3 aromatic rings. The third kappa shape index (κ3) is 5.97. The number of amides is 1. The molecule has 2 N–H and O–H groups in total. The normalized spacial score (nSPS) is 11.0. The number of rotatable bonds is 7. The average molecular weight is 431 g/mol. The van der Waals surface area contributed by atoms with Crippen LogP contribution in [0.2, 0.25) is 5.02 Å². The molecule has 8 heteroatoms. The van der Waals surface area contributed by atoms with Gasteiger partial charge in [0.2, 0.25) is 0 Å². The molecule has 0 heterocycles. The van der Waals surface area contributed by atoms with Gasteiger partial charge in [-0.15, -0.1) is 0 Å². The summed E-state index contributed by atoms with van der Waals surface area (Å²) in [5, 5.41) is 3.24. The largest absolute Gasteiger partial charge is 0.484 e. The lowest BCUT2D eigenvalue weighted by molar-refractivity contribution is -0.118. The predicted octanol–water partition coefficient (Wildman–Crippen LogP) is 4.47. The van der Waals surface area contributed by atoms with E-state index in [1.54, 1.807) is 36.4 Å². The van der Waals surface area contributed by atoms with E-state index in [0.29, 0.717) is 22.1 Å². The third-order valence-corrected chi connectivity index (χ3v) is 5.58. The monoisotopic (exact) mass is 430 g/mol. The van der Waals surface area contributed by atoms with Crippen LogP contribution in [0.4, 0.5) is 11.4 Å². The van der Waals surface area contributed by atoms with Gasteiger partial charge in [0.05, 0.1) is 4.90 Å². The lowest BCUT2D eigenvalue weighted by Crippen LogP contribution is -2.20. The number of aryl methyl sites for hydroxylation is 1. The first kappa shape index (κ1) is 20.7. The number of nitrogens with one attached hydrogen (secondary N) is 2. The van der Waals surface area contributed by atoms with Crippen molar-refractivity contribution < 1.29 is 17.9 Å². The molecule has 0 saturated heterocycles. The van der Waals surface area contributed by atoms with Crippen molar-refractivity contribution in [3.8, 4) is 5.75 Å². The van der Waals surface area contributed by atoms with Gasteiger partial charge in [0.1, 0.15) is 5.75 Å². The van der Waals surface area contributed by atoms with E-state index in [4.69, 9.17) is 16.3 Å². The van der Waals surface area contributed by atoms with Crippen LogP contribution >= 0.6 is 11.6 Å². The minimum absolute atomic E-state index is 0.0731. The Balaban J connectivity index is 1.57. The van der Waals surface area contributed by atoms with Crippen molar-refractivity contribution in [1.29, 1.82) is 0 Å². The second-order valence-electron chi connectivity index (χ2n) is 6.29. The van der Waals surface area contributed by atoms with Gasteiger partial charge in [-0.05, 0) is 67.6 Å². The fourth-order valence-electron chi connectivity index (χ4n) is 2.43. The highest BCUT2D eigenvalue weighted by Crippen LogP contribution is 2.20. The molecule has 0 aromatic heterocycles. The zero-order valence-electron chi connectivity index (χ0n) is 15.6. The van der Waals surface area contributed by atoms with Crippen molar-refractivity contribution in [3.05, 3.63) is 83.4 Å². The summed E-state index contributed by atoms with van der Waals surface area (Å²) < 4.78 is 32.8. The summed E-state index contributed by atoms with van der Waals surface area (Å²) >= 11 is 5.80. The maximum absolute atomic E-state index is 12.4. The molecule has 0 fully saturated rings. The van der Waals surface area contributed by atoms with Crippen LogP contribution in [0.5, 0.6) is 5.75 Å². The number of carbonyl (C=O) groups is 1. The molecule has 0 aliphatic rings. The third-order valence-electron chi connectivity index (χ3n) is 3.94. The zero-order chi connectivity index (χ0) is 20.9. The highest BCUT2D eigenvalue weighted by Gasteiger charge is 2.14. The summed E-state index contributed by atoms with van der Waals surface area (Å²) in [4.78, 5) is 12.0. The topological polar surface area (TPSA) is 84.5 Å². The molecule has 6 nitrogen and oxygen atoms in total. The first-order chi connectivity index (χ1) is 13.8. The summed E-state index contributed by atoms with van der Waals surface area (Å²) in [6.45, 7) is 1.77. The molecule has 3 rings (SSSR count). The van der Waals surface area contributed by atoms with E-state index in [1.807, 2.05) is 19.1 Å². The average Bonchev–Trinajstić information content (AvgIpc) is 2.70. The first-order valence-corrected chi connectivity index (χ1v) is 10.6. The molecule has 150 valence electrons. The number of sulfonamides is 1. The van der Waals surface area contributed by atoms with Crippen LogP contribution in [-0.4, -0.2) is 20.9 Å². The maximum atomic E-state index is 12.4. The van der Waals surface area contributed by atoms with E-state index in [2.05, 4.69) is 10.0 Å². The summed E-state index contributed by atoms with van der Waals surface area (Å²) in [7, 11) is -3.75. The Morgan fingerprint density at radius 2 is 1.48 bits per heavy atom. The standard InChI is InChI=1S/C21H19ClN2O4S/c1-15-2-6-17(7-3-15)23-21(25)14-28-19-10-12-20(13-11-19)29(26,27)24-18-8-4-16(22)5-9-18/h2-13,24H,14H2,1H3,(H,23,25). The van der Waals surface area contributed by atoms with Crippen molar-refractivity contribution in [2.75, 3.05) is 16.6 Å². The van der Waals surface area contributed by atoms with E-state index in [-0.39, 0.29) is 17.4 Å². The summed E-state index contributed by atoms with van der Waals surface area (Å²) in [6.07, 6.45) is 0. The lowest BCUT2D eigenvalue weighted by atomic mass is 10.2. The lowest BCUT2D eigenvalue weighted by Gasteiger charge is -2.10. The van der Waals surface area contributed by atoms with E-state index in [9.17, 15) is 13.2 Å². The minimum Gasteiger partial charge on any atom is -0.484 e. The van der Waals surface area contributed by atoms with Crippen molar-refractivity contribution in [2.45, 2.75) is 11.8 Å². The van der Waals surface area contributed by atoms with Crippen molar-refractivity contribution in [2.24, 2.45) is 0 Å². The van der Waals surface area contributed by atoms with Gasteiger partial charge in [-0.3, -0.25) is 9.52 Å². The van der Waals surface area contributed by atoms with E-state index >= 15 is 0 Å². The van der Waals surface area contributed by atoms with Gasteiger partial charge >= 0.3 is 0 Å². The molecular weight excluding hydrogens is 412 g/mol. The second kappa shape index (κ2) is 8.98. The van der Waals surface area contributed by atoms with Crippen molar-refractivity contribution >= 4 is 38.9 Å². The van der Waals surface area contributed by atoms with Crippen LogP contribution in [0.3, 0.4) is 0 Å². The number of halogens is 1. The van der Waals surface area contributed by atoms with Gasteiger partial charge in [0, 0.05) is 16.4 Å². The van der Waals surface area contributed by atoms with Gasteiger partial charge in [0.15, 0.2) is 6.61 Å². The van der Waals surface area contributed by atoms with Crippen LogP contribution in [0.1, 0.15) is 5.56 Å². The Morgan fingerprint density at radius 1 is 0.897 bits per heavy atom. The van der Waals surface area contributed by atoms with Crippen molar-refractivity contribution in [3.63, 3.8) is 0 Å². The highest BCUT2D eigenvalue weighted by molar-refractivity contribution is 7.92. The number of hydrogen-bond donors (Lipinski definition) is 2. The molecule has 0 atom stereocenters. The quantitative estimate of drug-likeness (QED) is 0.579. The molecule has 0 bridgehead atoms.